The van der Waals surface area contributed by atoms with E-state index in [1.807, 2.05) is 52.8 Å². The van der Waals surface area contributed by atoms with Crippen LogP contribution in [0.2, 0.25) is 0 Å². The Morgan fingerprint density at radius 2 is 1.91 bits per heavy atom. The van der Waals surface area contributed by atoms with Gasteiger partial charge in [-0.2, -0.15) is 0 Å². The van der Waals surface area contributed by atoms with E-state index in [9.17, 15) is 9.59 Å². The molecular formula is C19H27NO3. The largest absolute Gasteiger partial charge is 0.444 e. The number of ketones is 1. The third kappa shape index (κ3) is 4.57. The van der Waals surface area contributed by atoms with Crippen molar-refractivity contribution in [2.45, 2.75) is 65.5 Å². The van der Waals surface area contributed by atoms with Gasteiger partial charge < -0.3 is 9.64 Å². The van der Waals surface area contributed by atoms with Crippen LogP contribution < -0.4 is 0 Å². The lowest BCUT2D eigenvalue weighted by atomic mass is 9.99. The molecule has 0 aromatic heterocycles. The van der Waals surface area contributed by atoms with Crippen molar-refractivity contribution in [3.63, 3.8) is 0 Å². The van der Waals surface area contributed by atoms with Gasteiger partial charge in [0, 0.05) is 24.6 Å². The Bertz CT molecular complexity index is 601. The normalized spacial score (nSPS) is 18.1. The van der Waals surface area contributed by atoms with Gasteiger partial charge in [-0.05, 0) is 64.7 Å². The highest BCUT2D eigenvalue weighted by Crippen LogP contribution is 2.24. The van der Waals surface area contributed by atoms with Crippen LogP contribution in [0.4, 0.5) is 4.79 Å². The minimum Gasteiger partial charge on any atom is -0.444 e. The first-order valence-corrected chi connectivity index (χ1v) is 8.27. The maximum Gasteiger partial charge on any atom is 0.410 e. The molecule has 0 N–H and O–H groups in total. The second-order valence-corrected chi connectivity index (χ2v) is 7.40. The molecule has 1 aromatic rings. The summed E-state index contributed by atoms with van der Waals surface area (Å²) < 4.78 is 5.45. The van der Waals surface area contributed by atoms with Gasteiger partial charge in [0.15, 0.2) is 5.78 Å². The Labute approximate surface area is 138 Å². The average molecular weight is 317 g/mol. The highest BCUT2D eigenvalue weighted by atomic mass is 16.6. The number of nitrogens with zero attached hydrogens (tertiary/aromatic N) is 1. The molecule has 2 rings (SSSR count). The molecule has 0 aliphatic carbocycles. The van der Waals surface area contributed by atoms with Crippen LogP contribution in [-0.4, -0.2) is 35.0 Å². The molecule has 1 aliphatic heterocycles. The number of hydrogen-bond acceptors (Lipinski definition) is 3. The van der Waals surface area contributed by atoms with Crippen LogP contribution >= 0.6 is 0 Å². The molecule has 4 heteroatoms. The first-order chi connectivity index (χ1) is 10.7. The zero-order valence-corrected chi connectivity index (χ0v) is 14.8. The number of rotatable bonds is 3. The third-order valence-electron chi connectivity index (χ3n) is 4.26. The maximum absolute atomic E-state index is 12.5. The van der Waals surface area contributed by atoms with Crippen molar-refractivity contribution in [3.05, 3.63) is 34.9 Å². The van der Waals surface area contributed by atoms with Crippen molar-refractivity contribution in [1.29, 1.82) is 0 Å². The molecule has 0 radical (unpaired) electrons. The van der Waals surface area contributed by atoms with Crippen LogP contribution in [0.1, 0.15) is 61.5 Å². The second kappa shape index (κ2) is 6.73. The van der Waals surface area contributed by atoms with Gasteiger partial charge >= 0.3 is 6.09 Å². The molecule has 1 atom stereocenters. The molecule has 4 nitrogen and oxygen atoms in total. The van der Waals surface area contributed by atoms with Crippen LogP contribution in [0.15, 0.2) is 18.2 Å². The predicted octanol–water partition coefficient (Wildman–Crippen LogP) is 4.28. The fraction of sp³-hybridized carbons (Fsp3) is 0.579. The van der Waals surface area contributed by atoms with Crippen molar-refractivity contribution < 1.29 is 14.3 Å². The average Bonchev–Trinajstić information content (AvgIpc) is 2.88. The quantitative estimate of drug-likeness (QED) is 0.782. The molecule has 126 valence electrons. The van der Waals surface area contributed by atoms with Crippen LogP contribution in [0.3, 0.4) is 0 Å². The van der Waals surface area contributed by atoms with Gasteiger partial charge in [0.2, 0.25) is 0 Å². The first kappa shape index (κ1) is 17.5. The number of carbonyl (C=O) groups is 2. The summed E-state index contributed by atoms with van der Waals surface area (Å²) in [5.74, 6) is 0.0913. The number of benzene rings is 1. The second-order valence-electron chi connectivity index (χ2n) is 7.40. The molecule has 1 amide bonds. The lowest BCUT2D eigenvalue weighted by Crippen LogP contribution is -2.40. The molecule has 0 bridgehead atoms. The number of Topliss-reactive ketones (excluding diaryl/α,β-unsaturated/α-hetero) is 1. The van der Waals surface area contributed by atoms with E-state index >= 15 is 0 Å². The Morgan fingerprint density at radius 3 is 2.52 bits per heavy atom. The SMILES string of the molecule is Cc1ccc(C(=O)CC2CCCN2C(=O)OC(C)(C)C)cc1C. The van der Waals surface area contributed by atoms with Crippen molar-refractivity contribution in [2.24, 2.45) is 0 Å². The Balaban J connectivity index is 2.04. The fourth-order valence-corrected chi connectivity index (χ4v) is 2.86. The van der Waals surface area contributed by atoms with Crippen LogP contribution in [-0.2, 0) is 4.74 Å². The van der Waals surface area contributed by atoms with Crippen LogP contribution in [0.5, 0.6) is 0 Å². The minimum atomic E-state index is -0.512. The highest BCUT2D eigenvalue weighted by molar-refractivity contribution is 5.97. The van der Waals surface area contributed by atoms with E-state index in [1.165, 1.54) is 5.56 Å². The number of aryl methyl sites for hydroxylation is 2. The van der Waals surface area contributed by atoms with Gasteiger partial charge in [-0.1, -0.05) is 12.1 Å². The smallest absolute Gasteiger partial charge is 0.410 e. The molecular weight excluding hydrogens is 290 g/mol. The standard InChI is InChI=1S/C19H27NO3/c1-13-8-9-15(11-14(13)2)17(21)12-16-7-6-10-20(16)18(22)23-19(3,4)5/h8-9,11,16H,6-7,10,12H2,1-5H3. The lowest BCUT2D eigenvalue weighted by molar-refractivity contribution is 0.0223. The minimum absolute atomic E-state index is 0.0565. The number of hydrogen-bond donors (Lipinski definition) is 0. The summed E-state index contributed by atoms with van der Waals surface area (Å²) in [6.45, 7) is 10.3. The molecule has 1 aliphatic rings. The van der Waals surface area contributed by atoms with Crippen molar-refractivity contribution in [2.75, 3.05) is 6.54 Å². The summed E-state index contributed by atoms with van der Waals surface area (Å²) in [5.41, 5.74) is 2.51. The van der Waals surface area contributed by atoms with Gasteiger partial charge in [0.05, 0.1) is 0 Å². The first-order valence-electron chi connectivity index (χ1n) is 8.27. The molecule has 0 saturated carbocycles. The third-order valence-corrected chi connectivity index (χ3v) is 4.26. The summed E-state index contributed by atoms with van der Waals surface area (Å²) in [6.07, 6.45) is 1.83. The van der Waals surface area contributed by atoms with E-state index in [4.69, 9.17) is 4.74 Å². The van der Waals surface area contributed by atoms with Gasteiger partial charge in [-0.3, -0.25) is 4.79 Å². The predicted molar refractivity (Wildman–Crippen MR) is 90.8 cm³/mol. The summed E-state index contributed by atoms with van der Waals surface area (Å²) in [6, 6.07) is 5.73. The van der Waals surface area contributed by atoms with Crippen molar-refractivity contribution >= 4 is 11.9 Å². The van der Waals surface area contributed by atoms with E-state index in [0.717, 1.165) is 24.0 Å². The van der Waals surface area contributed by atoms with E-state index in [2.05, 4.69) is 0 Å². The van der Waals surface area contributed by atoms with E-state index in [-0.39, 0.29) is 17.9 Å². The Hall–Kier alpha value is -1.84. The molecule has 1 aromatic carbocycles. The molecule has 1 saturated heterocycles. The Kier molecular flexibility index (Phi) is 5.12. The zero-order chi connectivity index (χ0) is 17.2. The van der Waals surface area contributed by atoms with Gasteiger partial charge in [-0.15, -0.1) is 0 Å². The van der Waals surface area contributed by atoms with Crippen LogP contribution in [0, 0.1) is 13.8 Å². The maximum atomic E-state index is 12.5. The summed E-state index contributed by atoms with van der Waals surface area (Å²) >= 11 is 0. The molecule has 0 spiro atoms. The van der Waals surface area contributed by atoms with E-state index in [1.54, 1.807) is 4.90 Å². The fourth-order valence-electron chi connectivity index (χ4n) is 2.86. The molecule has 23 heavy (non-hydrogen) atoms. The molecule has 1 fully saturated rings. The van der Waals surface area contributed by atoms with Crippen LogP contribution in [0.25, 0.3) is 0 Å². The summed E-state index contributed by atoms with van der Waals surface area (Å²) in [5, 5.41) is 0. The van der Waals surface area contributed by atoms with Gasteiger partial charge in [0.1, 0.15) is 5.60 Å². The zero-order valence-electron chi connectivity index (χ0n) is 14.8. The summed E-state index contributed by atoms with van der Waals surface area (Å²) in [4.78, 5) is 26.5. The number of ether oxygens (including phenoxy) is 1. The molecule has 1 heterocycles. The van der Waals surface area contributed by atoms with Gasteiger partial charge in [0.25, 0.3) is 0 Å². The Morgan fingerprint density at radius 1 is 1.22 bits per heavy atom. The van der Waals surface area contributed by atoms with E-state index in [0.29, 0.717) is 13.0 Å². The topological polar surface area (TPSA) is 46.6 Å². The monoisotopic (exact) mass is 317 g/mol. The van der Waals surface area contributed by atoms with Crippen molar-refractivity contribution in [3.8, 4) is 0 Å². The number of carbonyl (C=O) groups excluding carboxylic acids is 2. The summed E-state index contributed by atoms with van der Waals surface area (Å²) in [7, 11) is 0. The van der Waals surface area contributed by atoms with E-state index < -0.39 is 5.60 Å². The number of amides is 1. The van der Waals surface area contributed by atoms with Crippen molar-refractivity contribution in [1.82, 2.24) is 4.90 Å². The number of likely N-dealkylation sites (tertiary alicyclic amines) is 1. The lowest BCUT2D eigenvalue weighted by Gasteiger charge is -2.28. The molecule has 1 unspecified atom stereocenters. The highest BCUT2D eigenvalue weighted by Gasteiger charge is 2.33. The van der Waals surface area contributed by atoms with Gasteiger partial charge in [-0.25, -0.2) is 4.79 Å².